The molecule has 2 fully saturated rings. The predicted molar refractivity (Wildman–Crippen MR) is 99.2 cm³/mol. The van der Waals surface area contributed by atoms with Crippen LogP contribution in [0.3, 0.4) is 0 Å². The van der Waals surface area contributed by atoms with Gasteiger partial charge in [-0.1, -0.05) is 51.7 Å². The van der Waals surface area contributed by atoms with Crippen LogP contribution < -0.4 is 0 Å². The van der Waals surface area contributed by atoms with Gasteiger partial charge in [0.1, 0.15) is 5.75 Å². The average molecular weight is 338 g/mol. The second-order valence-electron chi connectivity index (χ2n) is 7.64. The number of phenols is 1. The molecule has 1 aliphatic heterocycles. The van der Waals surface area contributed by atoms with E-state index in [1.165, 1.54) is 57.2 Å². The Morgan fingerprint density at radius 2 is 1.87 bits per heavy atom. The molecule has 1 aliphatic carbocycles. The third kappa shape index (κ3) is 4.42. The van der Waals surface area contributed by atoms with E-state index in [0.29, 0.717) is 17.7 Å². The minimum absolute atomic E-state index is 0. The summed E-state index contributed by atoms with van der Waals surface area (Å²) in [6.45, 7) is 7.20. The van der Waals surface area contributed by atoms with Crippen molar-refractivity contribution in [3.8, 4) is 5.75 Å². The van der Waals surface area contributed by atoms with E-state index in [4.69, 9.17) is 0 Å². The second-order valence-corrected chi connectivity index (χ2v) is 7.64. The summed E-state index contributed by atoms with van der Waals surface area (Å²) >= 11 is 0. The second kappa shape index (κ2) is 8.39. The molecule has 1 aromatic carbocycles. The van der Waals surface area contributed by atoms with Crippen molar-refractivity contribution in [2.45, 2.75) is 58.4 Å². The van der Waals surface area contributed by atoms with Crippen molar-refractivity contribution >= 4 is 12.4 Å². The van der Waals surface area contributed by atoms with Crippen LogP contribution in [-0.2, 0) is 0 Å². The first-order chi connectivity index (χ1) is 10.6. The predicted octanol–water partition coefficient (Wildman–Crippen LogP) is 5.41. The van der Waals surface area contributed by atoms with Gasteiger partial charge in [0, 0.05) is 6.04 Å². The Hall–Kier alpha value is -0.730. The van der Waals surface area contributed by atoms with Gasteiger partial charge in [0.05, 0.1) is 0 Å². The molecule has 0 amide bonds. The number of phenolic OH excluding ortho intramolecular Hbond substituents is 1. The first-order valence-corrected chi connectivity index (χ1v) is 9.18. The van der Waals surface area contributed by atoms with Crippen LogP contribution >= 0.6 is 12.4 Å². The van der Waals surface area contributed by atoms with E-state index < -0.39 is 0 Å². The third-order valence-corrected chi connectivity index (χ3v) is 6.17. The first-order valence-electron chi connectivity index (χ1n) is 9.18. The lowest BCUT2D eigenvalue weighted by Crippen LogP contribution is -2.42. The van der Waals surface area contributed by atoms with Gasteiger partial charge in [-0.25, -0.2) is 0 Å². The van der Waals surface area contributed by atoms with Gasteiger partial charge < -0.3 is 5.11 Å². The smallest absolute Gasteiger partial charge is 0.115 e. The Bertz CT molecular complexity index is 486. The first kappa shape index (κ1) is 18.6. The van der Waals surface area contributed by atoms with Gasteiger partial charge in [0.2, 0.25) is 0 Å². The number of piperidine rings is 1. The number of nitrogens with zero attached hydrogens (tertiary/aromatic N) is 1. The fraction of sp³-hybridized carbons (Fsp3) is 0.700. The topological polar surface area (TPSA) is 23.5 Å². The highest BCUT2D eigenvalue weighted by Crippen LogP contribution is 2.40. The fourth-order valence-electron chi connectivity index (χ4n) is 4.54. The Kier molecular flexibility index (Phi) is 6.79. The van der Waals surface area contributed by atoms with Crippen molar-refractivity contribution in [1.82, 2.24) is 4.90 Å². The number of likely N-dealkylation sites (tertiary alicyclic amines) is 1. The van der Waals surface area contributed by atoms with Crippen molar-refractivity contribution in [1.29, 1.82) is 0 Å². The highest BCUT2D eigenvalue weighted by Gasteiger charge is 2.34. The summed E-state index contributed by atoms with van der Waals surface area (Å²) in [5.41, 5.74) is 1.30. The van der Waals surface area contributed by atoms with Crippen molar-refractivity contribution in [2.75, 3.05) is 13.1 Å². The largest absolute Gasteiger partial charge is 0.508 e. The summed E-state index contributed by atoms with van der Waals surface area (Å²) in [4.78, 5) is 2.69. The Balaban J connectivity index is 0.00000192. The van der Waals surface area contributed by atoms with E-state index in [-0.39, 0.29) is 12.4 Å². The number of hydrogen-bond donors (Lipinski definition) is 1. The molecule has 0 radical (unpaired) electrons. The van der Waals surface area contributed by atoms with Gasteiger partial charge in [0.15, 0.2) is 0 Å². The van der Waals surface area contributed by atoms with Crippen LogP contribution in [0.25, 0.3) is 0 Å². The number of halogens is 1. The summed E-state index contributed by atoms with van der Waals surface area (Å²) in [5, 5.41) is 9.87. The maximum Gasteiger partial charge on any atom is 0.115 e. The molecule has 0 spiro atoms. The van der Waals surface area contributed by atoms with E-state index in [2.05, 4.69) is 24.8 Å². The lowest BCUT2D eigenvalue weighted by molar-refractivity contribution is 0.0584. The maximum absolute atomic E-state index is 9.87. The van der Waals surface area contributed by atoms with Crippen LogP contribution in [0, 0.1) is 17.8 Å². The zero-order valence-electron chi connectivity index (χ0n) is 14.6. The van der Waals surface area contributed by atoms with Crippen molar-refractivity contribution < 1.29 is 5.11 Å². The molecular formula is C20H32ClNO. The molecule has 0 aromatic heterocycles. The average Bonchev–Trinajstić information content (AvgIpc) is 3.02. The highest BCUT2D eigenvalue weighted by atomic mass is 35.5. The Morgan fingerprint density at radius 1 is 1.13 bits per heavy atom. The van der Waals surface area contributed by atoms with Crippen molar-refractivity contribution in [3.63, 3.8) is 0 Å². The van der Waals surface area contributed by atoms with Crippen LogP contribution in [0.5, 0.6) is 5.75 Å². The zero-order valence-corrected chi connectivity index (χ0v) is 15.4. The number of benzene rings is 1. The Labute approximate surface area is 147 Å². The molecular weight excluding hydrogens is 306 g/mol. The molecule has 1 unspecified atom stereocenters. The molecule has 1 aromatic rings. The number of hydrogen-bond acceptors (Lipinski definition) is 2. The minimum Gasteiger partial charge on any atom is -0.508 e. The summed E-state index contributed by atoms with van der Waals surface area (Å²) in [6, 6.07) is 8.41. The molecule has 0 bridgehead atoms. The Morgan fingerprint density at radius 3 is 2.57 bits per heavy atom. The van der Waals surface area contributed by atoms with Gasteiger partial charge in [0.25, 0.3) is 0 Å². The quantitative estimate of drug-likeness (QED) is 0.793. The summed E-state index contributed by atoms with van der Waals surface area (Å²) < 4.78 is 0. The third-order valence-electron chi connectivity index (χ3n) is 6.17. The number of rotatable bonds is 4. The lowest BCUT2D eigenvalue weighted by Gasteiger charge is -2.44. The molecule has 1 saturated carbocycles. The van der Waals surface area contributed by atoms with Crippen LogP contribution in [0.4, 0.5) is 0 Å². The van der Waals surface area contributed by atoms with Crippen LogP contribution in [0.15, 0.2) is 24.3 Å². The van der Waals surface area contributed by atoms with E-state index in [9.17, 15) is 5.11 Å². The summed E-state index contributed by atoms with van der Waals surface area (Å²) in [5.74, 6) is 2.77. The monoisotopic (exact) mass is 337 g/mol. The number of aromatic hydroxyl groups is 1. The highest BCUT2D eigenvalue weighted by molar-refractivity contribution is 5.85. The SMILES string of the molecule is CC1CCN(CCC2CCCC2)[C@H](c2cccc(O)c2)[C@H]1C.Cl. The van der Waals surface area contributed by atoms with Crippen molar-refractivity contribution in [3.05, 3.63) is 29.8 Å². The normalized spacial score (nSPS) is 29.4. The van der Waals surface area contributed by atoms with E-state index >= 15 is 0 Å². The van der Waals surface area contributed by atoms with Crippen LogP contribution in [-0.4, -0.2) is 23.1 Å². The fourth-order valence-corrected chi connectivity index (χ4v) is 4.54. The van der Waals surface area contributed by atoms with E-state index in [0.717, 1.165) is 11.8 Å². The molecule has 3 atom stereocenters. The van der Waals surface area contributed by atoms with Gasteiger partial charge in [-0.15, -0.1) is 12.4 Å². The van der Waals surface area contributed by atoms with Gasteiger partial charge in [-0.3, -0.25) is 4.90 Å². The van der Waals surface area contributed by atoms with Crippen LogP contribution in [0.2, 0.25) is 0 Å². The van der Waals surface area contributed by atoms with E-state index in [1.54, 1.807) is 6.07 Å². The van der Waals surface area contributed by atoms with Gasteiger partial charge in [-0.2, -0.15) is 0 Å². The molecule has 23 heavy (non-hydrogen) atoms. The molecule has 2 nitrogen and oxygen atoms in total. The molecule has 130 valence electrons. The van der Waals surface area contributed by atoms with Crippen LogP contribution in [0.1, 0.15) is 64.0 Å². The van der Waals surface area contributed by atoms with Crippen molar-refractivity contribution in [2.24, 2.45) is 17.8 Å². The zero-order chi connectivity index (χ0) is 15.5. The van der Waals surface area contributed by atoms with Gasteiger partial charge in [-0.05, 0) is 61.4 Å². The molecule has 3 heteroatoms. The molecule has 1 heterocycles. The lowest BCUT2D eigenvalue weighted by atomic mass is 9.78. The maximum atomic E-state index is 9.87. The standard InChI is InChI=1S/C20H31NO.ClH/c1-15-10-12-21(13-11-17-6-3-4-7-17)20(16(15)2)18-8-5-9-19(22)14-18;/h5,8-9,14-17,20,22H,3-4,6-7,10-13H2,1-2H3;1H/t15?,16-,20-;/m0./s1. The minimum atomic E-state index is 0. The van der Waals surface area contributed by atoms with E-state index in [1.807, 2.05) is 12.1 Å². The summed E-state index contributed by atoms with van der Waals surface area (Å²) in [6.07, 6.45) is 8.42. The summed E-state index contributed by atoms with van der Waals surface area (Å²) in [7, 11) is 0. The molecule has 3 rings (SSSR count). The molecule has 2 aliphatic rings. The molecule has 1 N–H and O–H groups in total. The van der Waals surface area contributed by atoms with Gasteiger partial charge >= 0.3 is 0 Å². The molecule has 1 saturated heterocycles.